The molecule has 3 rings (SSSR count). The van der Waals surface area contributed by atoms with Crippen LogP contribution in [0.1, 0.15) is 18.6 Å². The molecule has 2 N–H and O–H groups in total. The highest BCUT2D eigenvalue weighted by Crippen LogP contribution is 2.28. The number of nitrogens with two attached hydrogens (primary N) is 1. The third-order valence-corrected chi connectivity index (χ3v) is 4.55. The number of nitrogen functional groups attached to an aromatic ring is 1. The van der Waals surface area contributed by atoms with Crippen LogP contribution in [-0.4, -0.2) is 25.0 Å². The van der Waals surface area contributed by atoms with Gasteiger partial charge in [0.05, 0.1) is 5.75 Å². The van der Waals surface area contributed by atoms with E-state index in [0.717, 1.165) is 16.5 Å². The van der Waals surface area contributed by atoms with Gasteiger partial charge in [-0.05, 0) is 12.1 Å². The first-order valence-electron chi connectivity index (χ1n) is 6.58. The van der Waals surface area contributed by atoms with Crippen LogP contribution >= 0.6 is 27.7 Å². The fraction of sp³-hybridized carbons (Fsp3) is 0.231. The van der Waals surface area contributed by atoms with E-state index < -0.39 is 0 Å². The van der Waals surface area contributed by atoms with Crippen LogP contribution in [0.5, 0.6) is 0 Å². The van der Waals surface area contributed by atoms with Gasteiger partial charge in [0.1, 0.15) is 0 Å². The van der Waals surface area contributed by atoms with Crippen molar-refractivity contribution in [3.63, 3.8) is 0 Å². The summed E-state index contributed by atoms with van der Waals surface area (Å²) in [6, 6.07) is 7.72. The second kappa shape index (κ2) is 6.49. The lowest BCUT2D eigenvalue weighted by Gasteiger charge is -2.04. The van der Waals surface area contributed by atoms with E-state index in [9.17, 15) is 0 Å². The Balaban J connectivity index is 1.77. The van der Waals surface area contributed by atoms with Crippen LogP contribution in [0.2, 0.25) is 0 Å². The van der Waals surface area contributed by atoms with Crippen molar-refractivity contribution in [1.29, 1.82) is 0 Å². The van der Waals surface area contributed by atoms with E-state index in [1.807, 2.05) is 31.2 Å². The van der Waals surface area contributed by atoms with Crippen molar-refractivity contribution in [3.8, 4) is 11.4 Å². The molecule has 0 unspecified atom stereocenters. The molecule has 9 heteroatoms. The molecule has 0 saturated heterocycles. The molecule has 0 bridgehead atoms. The second-order valence-corrected chi connectivity index (χ2v) is 6.20. The van der Waals surface area contributed by atoms with Gasteiger partial charge in [0.15, 0.2) is 11.6 Å². The van der Waals surface area contributed by atoms with Crippen LogP contribution in [0, 0.1) is 0 Å². The fourth-order valence-electron chi connectivity index (χ4n) is 1.82. The van der Waals surface area contributed by atoms with Gasteiger partial charge in [-0.15, -0.1) is 10.2 Å². The molecule has 7 nitrogen and oxygen atoms in total. The molecule has 0 aliphatic carbocycles. The minimum Gasteiger partial charge on any atom is -0.339 e. The lowest BCUT2D eigenvalue weighted by atomic mass is 10.2. The molecule has 2 heterocycles. The van der Waals surface area contributed by atoms with E-state index in [0.29, 0.717) is 28.4 Å². The molecular formula is C13H13BrN6OS. The number of rotatable bonds is 5. The van der Waals surface area contributed by atoms with Gasteiger partial charge in [-0.2, -0.15) is 4.98 Å². The minimum atomic E-state index is 0.523. The minimum absolute atomic E-state index is 0.523. The van der Waals surface area contributed by atoms with Crippen molar-refractivity contribution in [2.75, 3.05) is 5.84 Å². The number of hydrogen-bond donors (Lipinski definition) is 1. The van der Waals surface area contributed by atoms with E-state index in [1.54, 1.807) is 0 Å². The van der Waals surface area contributed by atoms with Gasteiger partial charge in [0, 0.05) is 16.5 Å². The standard InChI is InChI=1S/C13H13BrN6OS/c1-2-11-16-10(19-21-11)7-22-13-18-17-12(20(13)15)8-5-3-4-6-9(8)14/h3-6H,2,7,15H2,1H3. The highest BCUT2D eigenvalue weighted by molar-refractivity contribution is 9.10. The summed E-state index contributed by atoms with van der Waals surface area (Å²) in [5, 5.41) is 12.8. The Kier molecular flexibility index (Phi) is 4.44. The number of aryl methyl sites for hydroxylation is 1. The summed E-state index contributed by atoms with van der Waals surface area (Å²) in [7, 11) is 0. The largest absolute Gasteiger partial charge is 0.339 e. The summed E-state index contributed by atoms with van der Waals surface area (Å²) in [6.07, 6.45) is 0.719. The number of aromatic nitrogens is 5. The highest BCUT2D eigenvalue weighted by atomic mass is 79.9. The monoisotopic (exact) mass is 380 g/mol. The van der Waals surface area contributed by atoms with Crippen LogP contribution in [-0.2, 0) is 12.2 Å². The summed E-state index contributed by atoms with van der Waals surface area (Å²) < 4.78 is 7.45. The quantitative estimate of drug-likeness (QED) is 0.536. The lowest BCUT2D eigenvalue weighted by molar-refractivity contribution is 0.378. The molecule has 0 aliphatic heterocycles. The first kappa shape index (κ1) is 15.0. The SMILES string of the molecule is CCc1nc(CSc2nnc(-c3ccccc3Br)n2N)no1. The van der Waals surface area contributed by atoms with E-state index in [-0.39, 0.29) is 0 Å². The van der Waals surface area contributed by atoms with E-state index in [1.165, 1.54) is 16.4 Å². The molecule has 1 aromatic carbocycles. The molecular weight excluding hydrogens is 368 g/mol. The average Bonchev–Trinajstić information content (AvgIpc) is 3.13. The molecule has 0 aliphatic rings. The summed E-state index contributed by atoms with van der Waals surface area (Å²) >= 11 is 4.90. The molecule has 0 spiro atoms. The number of hydrogen-bond acceptors (Lipinski definition) is 7. The van der Waals surface area contributed by atoms with E-state index in [2.05, 4.69) is 36.3 Å². The number of thioether (sulfide) groups is 1. The highest BCUT2D eigenvalue weighted by Gasteiger charge is 2.15. The van der Waals surface area contributed by atoms with Crippen molar-refractivity contribution >= 4 is 27.7 Å². The van der Waals surface area contributed by atoms with Gasteiger partial charge in [-0.25, -0.2) is 4.68 Å². The maximum absolute atomic E-state index is 6.09. The summed E-state index contributed by atoms with van der Waals surface area (Å²) in [4.78, 5) is 4.25. The van der Waals surface area contributed by atoms with Gasteiger partial charge >= 0.3 is 0 Å². The van der Waals surface area contributed by atoms with Crippen molar-refractivity contribution in [1.82, 2.24) is 25.0 Å². The van der Waals surface area contributed by atoms with Crippen LogP contribution in [0.15, 0.2) is 38.4 Å². The maximum Gasteiger partial charge on any atom is 0.226 e. The Bertz CT molecular complexity index is 786. The zero-order chi connectivity index (χ0) is 15.5. The maximum atomic E-state index is 6.09. The number of nitrogens with zero attached hydrogens (tertiary/aromatic N) is 5. The van der Waals surface area contributed by atoms with Crippen LogP contribution < -0.4 is 5.84 Å². The summed E-state index contributed by atoms with van der Waals surface area (Å²) in [6.45, 7) is 1.96. The summed E-state index contributed by atoms with van der Waals surface area (Å²) in [5.41, 5.74) is 0.886. The van der Waals surface area contributed by atoms with Crippen molar-refractivity contribution < 1.29 is 4.52 Å². The average molecular weight is 381 g/mol. The molecule has 0 atom stereocenters. The Morgan fingerprint density at radius 2 is 2.14 bits per heavy atom. The van der Waals surface area contributed by atoms with Crippen LogP contribution in [0.25, 0.3) is 11.4 Å². The molecule has 0 amide bonds. The Morgan fingerprint density at radius 1 is 1.32 bits per heavy atom. The van der Waals surface area contributed by atoms with Gasteiger partial charge in [-0.1, -0.05) is 51.9 Å². The van der Waals surface area contributed by atoms with E-state index >= 15 is 0 Å². The lowest BCUT2D eigenvalue weighted by Crippen LogP contribution is -2.11. The first-order chi connectivity index (χ1) is 10.7. The predicted octanol–water partition coefficient (Wildman–Crippen LogP) is 2.66. The predicted molar refractivity (Wildman–Crippen MR) is 86.5 cm³/mol. The molecule has 3 aromatic rings. The van der Waals surface area contributed by atoms with Crippen LogP contribution in [0.3, 0.4) is 0 Å². The topological polar surface area (TPSA) is 95.7 Å². The Morgan fingerprint density at radius 3 is 2.86 bits per heavy atom. The fourth-order valence-corrected chi connectivity index (χ4v) is 2.98. The van der Waals surface area contributed by atoms with Crippen LogP contribution in [0.4, 0.5) is 0 Å². The molecule has 114 valence electrons. The second-order valence-electron chi connectivity index (χ2n) is 4.40. The van der Waals surface area contributed by atoms with Gasteiger partial charge in [0.25, 0.3) is 0 Å². The van der Waals surface area contributed by atoms with Gasteiger partial charge in [-0.3, -0.25) is 0 Å². The zero-order valence-corrected chi connectivity index (χ0v) is 14.1. The van der Waals surface area contributed by atoms with Gasteiger partial charge in [0.2, 0.25) is 11.0 Å². The smallest absolute Gasteiger partial charge is 0.226 e. The number of halogens is 1. The Hall–Kier alpha value is -1.87. The van der Waals surface area contributed by atoms with Crippen molar-refractivity contribution in [2.24, 2.45) is 0 Å². The Labute approximate surface area is 139 Å². The third kappa shape index (κ3) is 3.00. The van der Waals surface area contributed by atoms with E-state index in [4.69, 9.17) is 10.4 Å². The molecule has 0 saturated carbocycles. The van der Waals surface area contributed by atoms with Crippen molar-refractivity contribution in [3.05, 3.63) is 40.5 Å². The normalized spacial score (nSPS) is 11.0. The molecule has 0 fully saturated rings. The number of benzene rings is 1. The first-order valence-corrected chi connectivity index (χ1v) is 8.36. The third-order valence-electron chi connectivity index (χ3n) is 2.92. The molecule has 0 radical (unpaired) electrons. The van der Waals surface area contributed by atoms with Crippen molar-refractivity contribution in [2.45, 2.75) is 24.3 Å². The summed E-state index contributed by atoms with van der Waals surface area (Å²) in [5.74, 6) is 8.44. The molecule has 22 heavy (non-hydrogen) atoms. The molecule has 2 aromatic heterocycles. The van der Waals surface area contributed by atoms with Gasteiger partial charge < -0.3 is 10.4 Å². The zero-order valence-electron chi connectivity index (χ0n) is 11.7.